The highest BCUT2D eigenvalue weighted by atomic mass is 32.1. The Kier molecular flexibility index (Phi) is 3.76. The van der Waals surface area contributed by atoms with E-state index in [1.165, 1.54) is 17.7 Å². The van der Waals surface area contributed by atoms with Crippen molar-refractivity contribution in [2.24, 2.45) is 0 Å². The predicted molar refractivity (Wildman–Crippen MR) is 57.8 cm³/mol. The van der Waals surface area contributed by atoms with Crippen LogP contribution in [0.1, 0.15) is 18.9 Å². The van der Waals surface area contributed by atoms with Gasteiger partial charge >= 0.3 is 0 Å². The van der Waals surface area contributed by atoms with E-state index in [2.05, 4.69) is 15.0 Å². The zero-order valence-corrected chi connectivity index (χ0v) is 9.55. The molecule has 0 aliphatic rings. The van der Waals surface area contributed by atoms with E-state index in [1.807, 2.05) is 20.8 Å². The fourth-order valence-corrected chi connectivity index (χ4v) is 1.73. The van der Waals surface area contributed by atoms with Crippen LogP contribution in [0.2, 0.25) is 0 Å². The highest BCUT2D eigenvalue weighted by molar-refractivity contribution is 7.18. The van der Waals surface area contributed by atoms with E-state index in [4.69, 9.17) is 4.74 Å². The number of ether oxygens (including phenoxy) is 1. The Labute approximate surface area is 87.0 Å². The maximum absolute atomic E-state index is 5.03. The van der Waals surface area contributed by atoms with Gasteiger partial charge < -0.3 is 4.74 Å². The molecule has 0 aromatic carbocycles. The van der Waals surface area contributed by atoms with Gasteiger partial charge in [-0.25, -0.2) is 9.97 Å². The number of fused-ring (bicyclic) bond motifs is 1. The van der Waals surface area contributed by atoms with Crippen molar-refractivity contribution in [1.29, 1.82) is 0 Å². The molecule has 2 rings (SSSR count). The van der Waals surface area contributed by atoms with Gasteiger partial charge in [0.25, 0.3) is 0 Å². The number of hydrogen-bond donors (Lipinski definition) is 0. The van der Waals surface area contributed by atoms with E-state index in [1.54, 1.807) is 7.11 Å². The summed E-state index contributed by atoms with van der Waals surface area (Å²) in [5.74, 6) is 0.546. The number of methoxy groups -OCH3 is 1. The molecule has 0 radical (unpaired) electrons. The van der Waals surface area contributed by atoms with Crippen LogP contribution in [0.25, 0.3) is 10.3 Å². The second kappa shape index (κ2) is 4.85. The molecule has 0 fully saturated rings. The van der Waals surface area contributed by atoms with Crippen LogP contribution in [0.3, 0.4) is 0 Å². The summed E-state index contributed by atoms with van der Waals surface area (Å²) in [6, 6.07) is 0. The molecule has 14 heavy (non-hydrogen) atoms. The minimum Gasteiger partial charge on any atom is -0.479 e. The first-order chi connectivity index (χ1) is 6.81. The lowest BCUT2D eigenvalue weighted by Crippen LogP contribution is -1.89. The summed E-state index contributed by atoms with van der Waals surface area (Å²) < 4.78 is 5.03. The van der Waals surface area contributed by atoms with Gasteiger partial charge in [0.2, 0.25) is 5.88 Å². The van der Waals surface area contributed by atoms with Crippen molar-refractivity contribution in [3.63, 3.8) is 0 Å². The molecule has 0 amide bonds. The molecular formula is C9H13N3OS. The van der Waals surface area contributed by atoms with Crippen molar-refractivity contribution in [3.8, 4) is 5.88 Å². The molecule has 4 nitrogen and oxygen atoms in total. The number of nitrogens with zero attached hydrogens (tertiary/aromatic N) is 3. The van der Waals surface area contributed by atoms with Crippen LogP contribution in [0.5, 0.6) is 5.88 Å². The molecule has 0 saturated carbocycles. The summed E-state index contributed by atoms with van der Waals surface area (Å²) in [4.78, 5) is 13.2. The lowest BCUT2D eigenvalue weighted by atomic mass is 10.5. The maximum atomic E-state index is 5.03. The van der Waals surface area contributed by atoms with Crippen molar-refractivity contribution >= 4 is 21.7 Å². The molecule has 2 aromatic rings. The molecule has 0 N–H and O–H groups in total. The highest BCUT2D eigenvalue weighted by Gasteiger charge is 2.07. The third-order valence-corrected chi connectivity index (χ3v) is 2.34. The van der Waals surface area contributed by atoms with Crippen molar-refractivity contribution < 1.29 is 4.74 Å². The monoisotopic (exact) mass is 211 g/mol. The zero-order chi connectivity index (χ0) is 10.6. The third kappa shape index (κ3) is 1.98. The summed E-state index contributed by atoms with van der Waals surface area (Å²) in [5.41, 5.74) is 0.752. The van der Waals surface area contributed by atoms with Gasteiger partial charge in [0, 0.05) is 0 Å². The summed E-state index contributed by atoms with van der Waals surface area (Å²) in [6.07, 6.45) is 1.48. The number of thiazole rings is 1. The Hall–Kier alpha value is -1.23. The van der Waals surface area contributed by atoms with E-state index in [0.717, 1.165) is 15.4 Å². The lowest BCUT2D eigenvalue weighted by Gasteiger charge is -1.95. The van der Waals surface area contributed by atoms with Gasteiger partial charge in [-0.15, -0.1) is 0 Å². The molecule has 0 bridgehead atoms. The normalized spacial score (nSPS) is 9.43. The molecule has 0 atom stereocenters. The molecule has 0 aliphatic heterocycles. The summed E-state index contributed by atoms with van der Waals surface area (Å²) in [6.45, 7) is 5.94. The predicted octanol–water partition coefficient (Wildman–Crippen LogP) is 2.43. The first kappa shape index (κ1) is 10.8. The smallest absolute Gasteiger partial charge is 0.244 e. The van der Waals surface area contributed by atoms with E-state index >= 15 is 0 Å². The van der Waals surface area contributed by atoms with Crippen LogP contribution in [-0.2, 0) is 0 Å². The van der Waals surface area contributed by atoms with Gasteiger partial charge in [0.15, 0.2) is 10.3 Å². The minimum atomic E-state index is 0.546. The molecule has 5 heteroatoms. The first-order valence-corrected chi connectivity index (χ1v) is 5.25. The SMILES string of the molecule is CC.COc1ncnc2sc(C)nc12. The second-order valence-electron chi connectivity index (χ2n) is 2.27. The van der Waals surface area contributed by atoms with Gasteiger partial charge in [-0.05, 0) is 6.92 Å². The number of hydrogen-bond acceptors (Lipinski definition) is 5. The van der Waals surface area contributed by atoms with Gasteiger partial charge in [-0.1, -0.05) is 25.2 Å². The van der Waals surface area contributed by atoms with Gasteiger partial charge in [0.1, 0.15) is 6.33 Å². The van der Waals surface area contributed by atoms with Gasteiger partial charge in [-0.2, -0.15) is 4.98 Å². The molecule has 2 heterocycles. The standard InChI is InChI=1S/C7H7N3OS.C2H6/c1-4-10-5-6(11-2)8-3-9-7(5)12-4;1-2/h3H,1-2H3;1-2H3. The van der Waals surface area contributed by atoms with E-state index in [0.29, 0.717) is 5.88 Å². The molecule has 0 spiro atoms. The largest absolute Gasteiger partial charge is 0.479 e. The molecule has 0 unspecified atom stereocenters. The van der Waals surface area contributed by atoms with E-state index in [-0.39, 0.29) is 0 Å². The second-order valence-corrected chi connectivity index (χ2v) is 3.45. The van der Waals surface area contributed by atoms with Crippen molar-refractivity contribution in [2.45, 2.75) is 20.8 Å². The first-order valence-electron chi connectivity index (χ1n) is 4.43. The Balaban J connectivity index is 0.000000461. The van der Waals surface area contributed by atoms with Crippen LogP contribution in [0.4, 0.5) is 0 Å². The van der Waals surface area contributed by atoms with Gasteiger partial charge in [-0.3, -0.25) is 0 Å². The number of rotatable bonds is 1. The van der Waals surface area contributed by atoms with Crippen LogP contribution in [0.15, 0.2) is 6.33 Å². The van der Waals surface area contributed by atoms with E-state index in [9.17, 15) is 0 Å². The lowest BCUT2D eigenvalue weighted by molar-refractivity contribution is 0.402. The summed E-state index contributed by atoms with van der Waals surface area (Å²) in [5, 5.41) is 0.976. The van der Waals surface area contributed by atoms with E-state index < -0.39 is 0 Å². The topological polar surface area (TPSA) is 47.9 Å². The zero-order valence-electron chi connectivity index (χ0n) is 8.74. The summed E-state index contributed by atoms with van der Waals surface area (Å²) >= 11 is 1.54. The number of aromatic nitrogens is 3. The van der Waals surface area contributed by atoms with Crippen LogP contribution in [0, 0.1) is 6.92 Å². The Morgan fingerprint density at radius 2 is 2.00 bits per heavy atom. The summed E-state index contributed by atoms with van der Waals surface area (Å²) in [7, 11) is 1.58. The highest BCUT2D eigenvalue weighted by Crippen LogP contribution is 2.24. The fourth-order valence-electron chi connectivity index (χ4n) is 0.987. The van der Waals surface area contributed by atoms with Crippen molar-refractivity contribution in [2.75, 3.05) is 7.11 Å². The minimum absolute atomic E-state index is 0.546. The Morgan fingerprint density at radius 1 is 1.29 bits per heavy atom. The average Bonchev–Trinajstić information content (AvgIpc) is 2.60. The Bertz CT molecular complexity index is 413. The Morgan fingerprint density at radius 3 is 2.64 bits per heavy atom. The quantitative estimate of drug-likeness (QED) is 0.726. The molecule has 0 aliphatic carbocycles. The average molecular weight is 211 g/mol. The van der Waals surface area contributed by atoms with Crippen LogP contribution < -0.4 is 4.74 Å². The van der Waals surface area contributed by atoms with Crippen LogP contribution in [-0.4, -0.2) is 22.1 Å². The molecular weight excluding hydrogens is 198 g/mol. The van der Waals surface area contributed by atoms with Crippen molar-refractivity contribution in [3.05, 3.63) is 11.3 Å². The fraction of sp³-hybridized carbons (Fsp3) is 0.444. The molecule has 0 saturated heterocycles. The number of aryl methyl sites for hydroxylation is 1. The molecule has 76 valence electrons. The van der Waals surface area contributed by atoms with Crippen molar-refractivity contribution in [1.82, 2.24) is 15.0 Å². The molecule has 2 aromatic heterocycles. The maximum Gasteiger partial charge on any atom is 0.244 e. The van der Waals surface area contributed by atoms with Gasteiger partial charge in [0.05, 0.1) is 12.1 Å². The van der Waals surface area contributed by atoms with Crippen LogP contribution >= 0.6 is 11.3 Å². The third-order valence-electron chi connectivity index (χ3n) is 1.46.